The van der Waals surface area contributed by atoms with Gasteiger partial charge in [-0.15, -0.1) is 13.4 Å². The number of nitrogens with zero attached hydrogens (tertiary/aromatic N) is 2. The fourth-order valence-corrected chi connectivity index (χ4v) is 6.43. The summed E-state index contributed by atoms with van der Waals surface area (Å²) in [5.74, 6) is 0. The van der Waals surface area contributed by atoms with Crippen LogP contribution in [0.3, 0.4) is 0 Å². The van der Waals surface area contributed by atoms with Crippen molar-refractivity contribution in [1.29, 1.82) is 0 Å². The predicted molar refractivity (Wildman–Crippen MR) is 184 cm³/mol. The van der Waals surface area contributed by atoms with Crippen LogP contribution in [-0.2, 0) is 0 Å². The Hall–Kier alpha value is -0.0951. The van der Waals surface area contributed by atoms with Crippen molar-refractivity contribution >= 4 is 7.12 Å². The summed E-state index contributed by atoms with van der Waals surface area (Å²) in [6.07, 6.45) is 19.7. The Kier molecular flexibility index (Phi) is 33.1. The highest BCUT2D eigenvalue weighted by Gasteiger charge is 2.27. The molecule has 0 heterocycles. The second kappa shape index (κ2) is 30.0. The average Bonchev–Trinajstić information content (AvgIpc) is 3.00. The molecule has 0 radical (unpaired) electrons. The quantitative estimate of drug-likeness (QED) is 0.0611. The van der Waals surface area contributed by atoms with Crippen LogP contribution in [-0.4, -0.2) is 68.4 Å². The summed E-state index contributed by atoms with van der Waals surface area (Å²) in [5.41, 5.74) is 0.594. The van der Waals surface area contributed by atoms with Crippen molar-refractivity contribution in [3.63, 3.8) is 0 Å². The SMILES string of the molecule is CCCCC(CCCC)(CCCC)CCCCCCCB([O-])[O-].CC[N+](CC)(CC)CC.CC[N+](CC)(CC)CC. The molecule has 0 fully saturated rings. The molecule has 0 aromatic heterocycles. The summed E-state index contributed by atoms with van der Waals surface area (Å²) in [7, 11) is -1.61. The molecular weight excluding hydrogens is 503 g/mol. The van der Waals surface area contributed by atoms with E-state index in [-0.39, 0.29) is 0 Å². The number of hydrogen-bond acceptors (Lipinski definition) is 2. The molecule has 0 saturated heterocycles. The van der Waals surface area contributed by atoms with E-state index in [4.69, 9.17) is 0 Å². The molecule has 0 aromatic rings. The number of rotatable bonds is 25. The molecule has 0 unspecified atom stereocenters. The fraction of sp³-hybridized carbons (Fsp3) is 1.00. The molecule has 0 aliphatic heterocycles. The van der Waals surface area contributed by atoms with Crippen molar-refractivity contribution in [2.75, 3.05) is 52.4 Å². The van der Waals surface area contributed by atoms with Gasteiger partial charge in [-0.3, -0.25) is 0 Å². The molecule has 0 aliphatic carbocycles. The highest BCUT2D eigenvalue weighted by atomic mass is 16.4. The molecule has 41 heavy (non-hydrogen) atoms. The van der Waals surface area contributed by atoms with Gasteiger partial charge in [-0.25, -0.2) is 0 Å². The smallest absolute Gasteiger partial charge is 0.0757 e. The Bertz CT molecular complexity index is 431. The van der Waals surface area contributed by atoms with Crippen LogP contribution in [0.1, 0.15) is 172 Å². The zero-order valence-electron chi connectivity index (χ0n) is 30.8. The number of hydrogen-bond donors (Lipinski definition) is 0. The van der Waals surface area contributed by atoms with Crippen LogP contribution >= 0.6 is 0 Å². The van der Waals surface area contributed by atoms with Gasteiger partial charge in [-0.1, -0.05) is 91.4 Å². The highest BCUT2D eigenvalue weighted by molar-refractivity contribution is 6.36. The van der Waals surface area contributed by atoms with Crippen molar-refractivity contribution in [3.8, 4) is 0 Å². The van der Waals surface area contributed by atoms with Crippen molar-refractivity contribution in [2.45, 2.75) is 179 Å². The summed E-state index contributed by atoms with van der Waals surface area (Å²) in [4.78, 5) is 0. The van der Waals surface area contributed by atoms with Crippen LogP contribution < -0.4 is 10.0 Å². The number of unbranched alkanes of at least 4 members (excludes halogenated alkanes) is 7. The van der Waals surface area contributed by atoms with E-state index in [0.29, 0.717) is 11.7 Å². The van der Waals surface area contributed by atoms with Crippen molar-refractivity contribution in [2.24, 2.45) is 5.41 Å². The van der Waals surface area contributed by atoms with Crippen LogP contribution in [0.4, 0.5) is 0 Å². The lowest BCUT2D eigenvalue weighted by Gasteiger charge is -2.35. The minimum absolute atomic E-state index is 0.313. The first-order chi connectivity index (χ1) is 19.6. The molecule has 0 atom stereocenters. The van der Waals surface area contributed by atoms with E-state index < -0.39 is 7.12 Å². The van der Waals surface area contributed by atoms with E-state index in [0.717, 1.165) is 12.8 Å². The summed E-state index contributed by atoms with van der Waals surface area (Å²) in [6, 6.07) is 0. The van der Waals surface area contributed by atoms with Gasteiger partial charge in [-0.05, 0) is 86.5 Å². The van der Waals surface area contributed by atoms with Gasteiger partial charge in [0.15, 0.2) is 0 Å². The molecule has 0 spiro atoms. The van der Waals surface area contributed by atoms with E-state index in [9.17, 15) is 10.0 Å². The van der Waals surface area contributed by atoms with Crippen LogP contribution in [0.5, 0.6) is 0 Å². The van der Waals surface area contributed by atoms with Gasteiger partial charge in [0.2, 0.25) is 0 Å². The first-order valence-electron chi connectivity index (χ1n) is 18.6. The standard InChI is InChI=1S/C20H41BO2.2C8H20N/c1-4-7-15-20(16-8-5-2,17-9-6-3)18-13-11-10-12-14-19-21(22)23;2*1-5-9(6-2,7-3)8-4/h4-19H2,1-3H3;2*5-8H2,1-4H3/q-2;2*+1. The van der Waals surface area contributed by atoms with Gasteiger partial charge in [-0.2, -0.15) is 0 Å². The predicted octanol–water partition coefficient (Wildman–Crippen LogP) is 8.86. The topological polar surface area (TPSA) is 46.1 Å². The fourth-order valence-electron chi connectivity index (χ4n) is 6.43. The Balaban J connectivity index is -0.000000654. The lowest BCUT2D eigenvalue weighted by Crippen LogP contribution is -2.47. The van der Waals surface area contributed by atoms with Gasteiger partial charge in [0.05, 0.1) is 52.4 Å². The van der Waals surface area contributed by atoms with Gasteiger partial charge < -0.3 is 19.0 Å². The Labute approximate surface area is 262 Å². The van der Waals surface area contributed by atoms with E-state index in [1.54, 1.807) is 0 Å². The molecule has 0 N–H and O–H groups in total. The molecule has 250 valence electrons. The maximum Gasteiger partial charge on any atom is 0.0757 e. The normalized spacial score (nSPS) is 11.9. The van der Waals surface area contributed by atoms with Gasteiger partial charge in [0, 0.05) is 0 Å². The summed E-state index contributed by atoms with van der Waals surface area (Å²) in [5, 5.41) is 21.0. The van der Waals surface area contributed by atoms with E-state index in [2.05, 4.69) is 76.2 Å². The Morgan fingerprint density at radius 1 is 0.390 bits per heavy atom. The molecule has 0 saturated carbocycles. The third-order valence-corrected chi connectivity index (χ3v) is 10.7. The molecule has 0 aliphatic rings. The molecule has 4 nitrogen and oxygen atoms in total. The Morgan fingerprint density at radius 3 is 0.902 bits per heavy atom. The average molecular weight is 585 g/mol. The van der Waals surface area contributed by atoms with Crippen LogP contribution in [0.25, 0.3) is 0 Å². The van der Waals surface area contributed by atoms with Crippen molar-refractivity contribution in [1.82, 2.24) is 0 Å². The van der Waals surface area contributed by atoms with Crippen LogP contribution in [0, 0.1) is 5.41 Å². The van der Waals surface area contributed by atoms with Gasteiger partial charge >= 0.3 is 0 Å². The summed E-state index contributed by atoms with van der Waals surface area (Å²) in [6.45, 7) is 35.4. The second-order valence-corrected chi connectivity index (χ2v) is 12.8. The first-order valence-corrected chi connectivity index (χ1v) is 18.6. The van der Waals surface area contributed by atoms with Gasteiger partial charge in [0.1, 0.15) is 0 Å². The third-order valence-electron chi connectivity index (χ3n) is 10.7. The van der Waals surface area contributed by atoms with Crippen LogP contribution in [0.2, 0.25) is 6.32 Å². The first kappa shape index (κ1) is 45.3. The molecule has 0 amide bonds. The molecule has 0 rings (SSSR count). The summed E-state index contributed by atoms with van der Waals surface area (Å²) >= 11 is 0. The molecule has 0 aromatic carbocycles. The highest BCUT2D eigenvalue weighted by Crippen LogP contribution is 2.41. The van der Waals surface area contributed by atoms with Gasteiger partial charge in [0.25, 0.3) is 0 Å². The number of quaternary nitrogens is 2. The van der Waals surface area contributed by atoms with E-state index >= 15 is 0 Å². The van der Waals surface area contributed by atoms with Crippen molar-refractivity contribution in [3.05, 3.63) is 0 Å². The zero-order chi connectivity index (χ0) is 32.0. The monoisotopic (exact) mass is 585 g/mol. The van der Waals surface area contributed by atoms with Crippen molar-refractivity contribution < 1.29 is 19.0 Å². The lowest BCUT2D eigenvalue weighted by atomic mass is 9.71. The Morgan fingerprint density at radius 2 is 0.659 bits per heavy atom. The minimum Gasteiger partial charge on any atom is -0.893 e. The summed E-state index contributed by atoms with van der Waals surface area (Å²) < 4.78 is 2.56. The maximum absolute atomic E-state index is 10.5. The van der Waals surface area contributed by atoms with E-state index in [1.165, 1.54) is 145 Å². The molecular formula is C36H81BN2O2. The zero-order valence-corrected chi connectivity index (χ0v) is 30.8. The maximum atomic E-state index is 10.5. The lowest BCUT2D eigenvalue weighted by molar-refractivity contribution is -0.921. The largest absolute Gasteiger partial charge is 0.893 e. The molecule has 0 bridgehead atoms. The second-order valence-electron chi connectivity index (χ2n) is 12.8. The van der Waals surface area contributed by atoms with E-state index in [1.807, 2.05) is 0 Å². The minimum atomic E-state index is -1.61. The molecule has 5 heteroatoms. The third kappa shape index (κ3) is 23.0. The van der Waals surface area contributed by atoms with Crippen LogP contribution in [0.15, 0.2) is 0 Å².